The summed E-state index contributed by atoms with van der Waals surface area (Å²) in [5.74, 6) is 2.21. The largest absolute Gasteiger partial charge is 0.451 e. The molecule has 0 aliphatic heterocycles. The first kappa shape index (κ1) is 40.5. The molecule has 0 bridgehead atoms. The molecule has 0 aromatic heterocycles. The molecule has 0 aromatic carbocycles. The van der Waals surface area contributed by atoms with Gasteiger partial charge in [0.25, 0.3) is 0 Å². The van der Waals surface area contributed by atoms with Crippen LogP contribution in [0, 0.1) is 57.7 Å². The molecule has 8 nitrogen and oxygen atoms in total. The Morgan fingerprint density at radius 2 is 1.30 bits per heavy atom. The normalized spacial score (nSPS) is 43.3. The Hall–Kier alpha value is -3.68. The average Bonchev–Trinajstić information content (AvgIpc) is 3.54. The van der Waals surface area contributed by atoms with Crippen LogP contribution in [0.1, 0.15) is 133 Å². The Morgan fingerprint density at radius 1 is 0.679 bits per heavy atom. The number of esters is 2. The van der Waals surface area contributed by atoms with Gasteiger partial charge >= 0.3 is 11.9 Å². The van der Waals surface area contributed by atoms with Crippen LogP contribution in [0.3, 0.4) is 0 Å². The lowest BCUT2D eigenvalue weighted by Crippen LogP contribution is -2.58. The minimum absolute atomic E-state index is 0.0109. The van der Waals surface area contributed by atoms with Crippen LogP contribution >= 0.6 is 0 Å². The first-order chi connectivity index (χ1) is 26.2. The molecule has 0 spiro atoms. The number of Topliss-reactive ketones (excluding diaryl/α,β-unsaturated/α-hetero) is 2. The first-order valence-corrected chi connectivity index (χ1v) is 21.1. The number of hydrogen-bond donors (Lipinski definition) is 0. The summed E-state index contributed by atoms with van der Waals surface area (Å²) < 4.78 is 11.6. The van der Waals surface area contributed by atoms with Crippen LogP contribution in [0.25, 0.3) is 0 Å². The summed E-state index contributed by atoms with van der Waals surface area (Å²) in [5.41, 5.74) is 2.62. The van der Waals surface area contributed by atoms with E-state index in [1.165, 1.54) is 43.1 Å². The van der Waals surface area contributed by atoms with Gasteiger partial charge in [-0.15, -0.1) is 0 Å². The molecule has 0 radical (unpaired) electrons. The van der Waals surface area contributed by atoms with Crippen LogP contribution in [-0.4, -0.2) is 46.3 Å². The Bertz CT molecular complexity index is 1940. The molecule has 0 aromatic rings. The summed E-state index contributed by atoms with van der Waals surface area (Å²) >= 11 is 0. The van der Waals surface area contributed by atoms with Crippen molar-refractivity contribution in [2.75, 3.05) is 0 Å². The van der Waals surface area contributed by atoms with Crippen molar-refractivity contribution in [3.05, 3.63) is 58.7 Å². The molecule has 0 N–H and O–H groups in total. The van der Waals surface area contributed by atoms with Gasteiger partial charge in [0.2, 0.25) is 0 Å². The fraction of sp³-hybridized carbons (Fsp3) is 0.667. The maximum atomic E-state index is 12.9. The highest BCUT2D eigenvalue weighted by Gasteiger charge is 2.70. The number of ether oxygens (including phenoxy) is 2. The second kappa shape index (κ2) is 13.7. The van der Waals surface area contributed by atoms with Gasteiger partial charge in [-0.1, -0.05) is 50.6 Å². The van der Waals surface area contributed by atoms with E-state index >= 15 is 0 Å². The third-order valence-corrected chi connectivity index (χ3v) is 17.0. The van der Waals surface area contributed by atoms with Gasteiger partial charge in [-0.05, 0) is 161 Å². The zero-order valence-corrected chi connectivity index (χ0v) is 35.1. The van der Waals surface area contributed by atoms with E-state index in [4.69, 9.17) is 9.47 Å². The maximum absolute atomic E-state index is 12.9. The molecular weight excluding hydrogens is 705 g/mol. The van der Waals surface area contributed by atoms with Gasteiger partial charge in [0.05, 0.1) is 0 Å². The van der Waals surface area contributed by atoms with Crippen molar-refractivity contribution in [1.29, 1.82) is 0 Å². The predicted octanol–water partition coefficient (Wildman–Crippen LogP) is 8.93. The molecule has 8 aliphatic rings. The Morgan fingerprint density at radius 3 is 1.95 bits per heavy atom. The van der Waals surface area contributed by atoms with E-state index in [9.17, 15) is 28.8 Å². The second-order valence-electron chi connectivity index (χ2n) is 19.6. The van der Waals surface area contributed by atoms with Gasteiger partial charge in [0.1, 0.15) is 0 Å². The smallest absolute Gasteiger partial charge is 0.303 e. The zero-order chi connectivity index (χ0) is 40.9. The fourth-order valence-corrected chi connectivity index (χ4v) is 14.5. The topological polar surface area (TPSA) is 121 Å². The Balaban J connectivity index is 0.000000172. The van der Waals surface area contributed by atoms with Gasteiger partial charge in [-0.3, -0.25) is 28.8 Å². The molecule has 4 fully saturated rings. The average molecular weight is 767 g/mol. The number of fused-ring (bicyclic) bond motifs is 10. The third-order valence-electron chi connectivity index (χ3n) is 17.0. The van der Waals surface area contributed by atoms with Crippen molar-refractivity contribution < 1.29 is 38.2 Å². The van der Waals surface area contributed by atoms with Crippen molar-refractivity contribution >= 4 is 35.1 Å². The molecule has 0 heterocycles. The highest BCUT2D eigenvalue weighted by atomic mass is 16.6. The van der Waals surface area contributed by atoms with Crippen LogP contribution in [0.5, 0.6) is 0 Å². The Kier molecular flexibility index (Phi) is 9.93. The molecule has 8 rings (SSSR count). The third kappa shape index (κ3) is 5.64. The van der Waals surface area contributed by atoms with Gasteiger partial charge in [-0.25, -0.2) is 0 Å². The summed E-state index contributed by atoms with van der Waals surface area (Å²) in [5, 5.41) is 0. The van der Waals surface area contributed by atoms with Crippen molar-refractivity contribution in [3.8, 4) is 0 Å². The maximum Gasteiger partial charge on any atom is 0.303 e. The SMILES string of the molecule is C=C1C[C@H]2[C@@H]3C=C(C)C4=CC(=O)CC[C@]4(C)[C@H]3CC[C@]2(C)[C@@]1(OC(C)=O)C(C)=O.CC(=O)O[C@]1(C(C)=O)CC[C@H]2[C@@H]3C=C(C)C4=CC(=O)CC[C@@H]4[C@H]3CC[C@@]21C. The summed E-state index contributed by atoms with van der Waals surface area (Å²) in [6.45, 7) is 21.0. The van der Waals surface area contributed by atoms with E-state index < -0.39 is 22.6 Å². The summed E-state index contributed by atoms with van der Waals surface area (Å²) in [7, 11) is 0. The molecule has 0 amide bonds. The van der Waals surface area contributed by atoms with Crippen LogP contribution in [0.15, 0.2) is 58.7 Å². The van der Waals surface area contributed by atoms with Crippen molar-refractivity contribution in [1.82, 2.24) is 0 Å². The molecule has 56 heavy (non-hydrogen) atoms. The van der Waals surface area contributed by atoms with E-state index in [1.807, 2.05) is 12.2 Å². The second-order valence-corrected chi connectivity index (χ2v) is 19.6. The van der Waals surface area contributed by atoms with Gasteiger partial charge in [0, 0.05) is 37.5 Å². The van der Waals surface area contributed by atoms with Crippen LogP contribution in [-0.2, 0) is 38.2 Å². The lowest BCUT2D eigenvalue weighted by atomic mass is 9.47. The first-order valence-electron chi connectivity index (χ1n) is 21.1. The lowest BCUT2D eigenvalue weighted by molar-refractivity contribution is -0.184. The number of carbonyl (C=O) groups is 6. The van der Waals surface area contributed by atoms with Gasteiger partial charge in [-0.2, -0.15) is 0 Å². The van der Waals surface area contributed by atoms with Crippen molar-refractivity contribution in [3.63, 3.8) is 0 Å². The molecule has 302 valence electrons. The molecule has 0 saturated heterocycles. The molecule has 8 heteroatoms. The number of carbonyl (C=O) groups excluding carboxylic acids is 6. The summed E-state index contributed by atoms with van der Waals surface area (Å²) in [6, 6.07) is 0. The Labute approximate surface area is 333 Å². The van der Waals surface area contributed by atoms with Crippen LogP contribution < -0.4 is 0 Å². The van der Waals surface area contributed by atoms with E-state index in [-0.39, 0.29) is 51.8 Å². The number of hydrogen-bond acceptors (Lipinski definition) is 8. The number of allylic oxidation sites excluding steroid dienone is 8. The lowest BCUT2D eigenvalue weighted by Gasteiger charge is -2.57. The highest BCUT2D eigenvalue weighted by molar-refractivity contribution is 5.94. The van der Waals surface area contributed by atoms with E-state index in [1.54, 1.807) is 6.92 Å². The van der Waals surface area contributed by atoms with Crippen molar-refractivity contribution in [2.45, 2.75) is 144 Å². The zero-order valence-electron chi connectivity index (χ0n) is 35.1. The van der Waals surface area contributed by atoms with E-state index in [0.717, 1.165) is 50.5 Å². The summed E-state index contributed by atoms with van der Waals surface area (Å²) in [6.07, 6.45) is 17.4. The van der Waals surface area contributed by atoms with E-state index in [2.05, 4.69) is 53.3 Å². The molecule has 12 atom stereocenters. The van der Waals surface area contributed by atoms with Crippen LogP contribution in [0.2, 0.25) is 0 Å². The molecule has 0 unspecified atom stereocenters. The minimum Gasteiger partial charge on any atom is -0.451 e. The van der Waals surface area contributed by atoms with Gasteiger partial charge in [0.15, 0.2) is 34.3 Å². The van der Waals surface area contributed by atoms with Crippen LogP contribution in [0.4, 0.5) is 0 Å². The number of ketones is 4. The predicted molar refractivity (Wildman–Crippen MR) is 213 cm³/mol. The molecule has 4 saturated carbocycles. The summed E-state index contributed by atoms with van der Waals surface area (Å²) in [4.78, 5) is 73.5. The quantitative estimate of drug-likeness (QED) is 0.206. The molecule has 8 aliphatic carbocycles. The van der Waals surface area contributed by atoms with Crippen molar-refractivity contribution in [2.24, 2.45) is 57.7 Å². The number of rotatable bonds is 4. The standard InChI is InChI=1S/C25H32O4.C23H30O4/c1-14-11-19-20(23(5)9-7-18(28)13-21(14)23)8-10-24(6)22(19)12-15(2)25(24,16(3)26)29-17(4)27;1-13-11-20-18(17-6-5-16(26)12-19(13)17)7-9-22(4)21(20)8-10-23(22,14(2)24)27-15(3)25/h11,13,19-20,22H,2,7-10,12H2,1,3-6H3;11-12,17-18,20-21H,5-10H2,1-4H3/t19-,20+,22+,23-,24+,25+;17-,18-,20-,21+,22+,23+/m11/s1. The highest BCUT2D eigenvalue weighted by Crippen LogP contribution is 2.69. The van der Waals surface area contributed by atoms with Gasteiger partial charge < -0.3 is 9.47 Å². The fourth-order valence-electron chi connectivity index (χ4n) is 14.5. The minimum atomic E-state index is -1.23. The molecular formula is C48H62O8. The van der Waals surface area contributed by atoms with E-state index in [0.29, 0.717) is 55.3 Å². The monoisotopic (exact) mass is 766 g/mol.